The fourth-order valence-electron chi connectivity index (χ4n) is 3.36. The minimum absolute atomic E-state index is 0.123. The molecule has 3 aromatic rings. The molecule has 0 bridgehead atoms. The van der Waals surface area contributed by atoms with Crippen LogP contribution >= 0.6 is 0 Å². The molecule has 0 amide bonds. The van der Waals surface area contributed by atoms with E-state index in [9.17, 15) is 18.3 Å². The fraction of sp³-hybridized carbons (Fsp3) is 0.370. The molecular formula is C27H34N2O6SSi. The Kier molecular flexibility index (Phi) is 8.56. The van der Waals surface area contributed by atoms with Crippen molar-refractivity contribution in [1.82, 2.24) is 9.97 Å². The highest BCUT2D eigenvalue weighted by molar-refractivity contribution is 7.90. The Labute approximate surface area is 219 Å². The highest BCUT2D eigenvalue weighted by atomic mass is 32.2. The Bertz CT molecular complexity index is 1370. The van der Waals surface area contributed by atoms with E-state index in [1.165, 1.54) is 6.07 Å². The van der Waals surface area contributed by atoms with Gasteiger partial charge in [-0.25, -0.2) is 23.2 Å². The number of carboxylic acids is 1. The summed E-state index contributed by atoms with van der Waals surface area (Å²) in [7, 11) is -5.66. The zero-order valence-electron chi connectivity index (χ0n) is 22.1. The number of nitrogens with zero attached hydrogens (tertiary/aromatic N) is 2. The van der Waals surface area contributed by atoms with Crippen LogP contribution in [0, 0.1) is 0 Å². The van der Waals surface area contributed by atoms with Crippen molar-refractivity contribution in [3.63, 3.8) is 0 Å². The van der Waals surface area contributed by atoms with Crippen molar-refractivity contribution in [2.24, 2.45) is 0 Å². The molecule has 1 N–H and O–H groups in total. The number of carbonyl (C=O) groups is 1. The second-order valence-corrected chi connectivity index (χ2v) is 17.2. The van der Waals surface area contributed by atoms with Gasteiger partial charge in [-0.3, -0.25) is 0 Å². The van der Waals surface area contributed by atoms with E-state index in [2.05, 4.69) is 30.7 Å². The summed E-state index contributed by atoms with van der Waals surface area (Å²) in [4.78, 5) is 21.1. The Morgan fingerprint density at radius 3 is 2.43 bits per heavy atom. The number of carboxylic acid groups (broad SMARTS) is 1. The first kappa shape index (κ1) is 28.5. The molecule has 198 valence electrons. The lowest BCUT2D eigenvalue weighted by Crippen LogP contribution is -2.46. The van der Waals surface area contributed by atoms with Gasteiger partial charge < -0.3 is 14.3 Å². The van der Waals surface area contributed by atoms with Crippen molar-refractivity contribution in [1.29, 1.82) is 0 Å². The number of aliphatic carboxylic acids is 1. The Balaban J connectivity index is 1.79. The standard InChI is InChI=1S/C27H34N2O6SSi/c1-27(2,3)37(5,6)35-24(26(30)31)17-19-10-7-8-13-23(19)34-18-21-14-15-28-25(29-21)20-11-9-12-22(16-20)36(4,32)33/h7-16,24H,17-18H2,1-6H3,(H,30,31). The summed E-state index contributed by atoms with van der Waals surface area (Å²) >= 11 is 0. The average molecular weight is 543 g/mol. The molecule has 8 nitrogen and oxygen atoms in total. The third-order valence-corrected chi connectivity index (χ3v) is 12.1. The molecule has 0 aliphatic rings. The van der Waals surface area contributed by atoms with Crippen molar-refractivity contribution in [2.45, 2.75) is 62.9 Å². The van der Waals surface area contributed by atoms with Gasteiger partial charge in [0.1, 0.15) is 18.5 Å². The van der Waals surface area contributed by atoms with Gasteiger partial charge in [0.25, 0.3) is 0 Å². The normalized spacial score (nSPS) is 13.2. The minimum atomic E-state index is -3.36. The Morgan fingerprint density at radius 2 is 1.78 bits per heavy atom. The zero-order chi connectivity index (χ0) is 27.4. The highest BCUT2D eigenvalue weighted by Gasteiger charge is 2.41. The predicted molar refractivity (Wildman–Crippen MR) is 145 cm³/mol. The number of para-hydroxylation sites is 1. The summed E-state index contributed by atoms with van der Waals surface area (Å²) in [6.07, 6.45) is 1.93. The number of hydrogen-bond acceptors (Lipinski definition) is 7. The van der Waals surface area contributed by atoms with Gasteiger partial charge in [-0.15, -0.1) is 0 Å². The van der Waals surface area contributed by atoms with E-state index in [-0.39, 0.29) is 23.0 Å². The molecule has 0 saturated heterocycles. The zero-order valence-corrected chi connectivity index (χ0v) is 23.9. The van der Waals surface area contributed by atoms with E-state index < -0.39 is 30.2 Å². The van der Waals surface area contributed by atoms with Crippen LogP contribution in [0.15, 0.2) is 65.7 Å². The van der Waals surface area contributed by atoms with Crippen LogP contribution in [0.3, 0.4) is 0 Å². The number of hydrogen-bond donors (Lipinski definition) is 1. The van der Waals surface area contributed by atoms with E-state index in [1.54, 1.807) is 36.5 Å². The van der Waals surface area contributed by atoms with Gasteiger partial charge in [0.2, 0.25) is 0 Å². The SMILES string of the molecule is CC(C)(C)[Si](C)(C)OC(Cc1ccccc1OCc1ccnc(-c2cccc(S(C)(=O)=O)c2)n1)C(=O)O. The van der Waals surface area contributed by atoms with Crippen molar-refractivity contribution in [2.75, 3.05) is 6.26 Å². The molecule has 10 heteroatoms. The van der Waals surface area contributed by atoms with E-state index in [1.807, 2.05) is 31.3 Å². The molecule has 0 spiro atoms. The number of rotatable bonds is 10. The second-order valence-electron chi connectivity index (χ2n) is 10.5. The van der Waals surface area contributed by atoms with Gasteiger partial charge in [-0.2, -0.15) is 0 Å². The molecule has 0 aliphatic carbocycles. The molecule has 1 aromatic heterocycles. The maximum atomic E-state index is 12.1. The van der Waals surface area contributed by atoms with E-state index in [0.29, 0.717) is 22.8 Å². The lowest BCUT2D eigenvalue weighted by atomic mass is 10.1. The monoisotopic (exact) mass is 542 g/mol. The lowest BCUT2D eigenvalue weighted by Gasteiger charge is -2.38. The van der Waals surface area contributed by atoms with Gasteiger partial charge in [-0.05, 0) is 48.0 Å². The maximum absolute atomic E-state index is 12.1. The van der Waals surface area contributed by atoms with Crippen LogP contribution in [-0.4, -0.2) is 50.1 Å². The van der Waals surface area contributed by atoms with Crippen LogP contribution in [0.2, 0.25) is 18.1 Å². The van der Waals surface area contributed by atoms with Gasteiger partial charge in [0.05, 0.1) is 10.6 Å². The Morgan fingerprint density at radius 1 is 1.08 bits per heavy atom. The molecule has 0 saturated carbocycles. The first-order valence-electron chi connectivity index (χ1n) is 11.9. The van der Waals surface area contributed by atoms with Crippen LogP contribution in [-0.2, 0) is 32.1 Å². The number of benzene rings is 2. The third kappa shape index (κ3) is 7.47. The van der Waals surface area contributed by atoms with Crippen LogP contribution < -0.4 is 4.74 Å². The molecule has 1 heterocycles. The van der Waals surface area contributed by atoms with Crippen molar-refractivity contribution in [3.8, 4) is 17.1 Å². The van der Waals surface area contributed by atoms with Crippen molar-refractivity contribution >= 4 is 24.1 Å². The van der Waals surface area contributed by atoms with Gasteiger partial charge in [-0.1, -0.05) is 51.1 Å². The minimum Gasteiger partial charge on any atom is -0.487 e. The van der Waals surface area contributed by atoms with Gasteiger partial charge in [0.15, 0.2) is 24.0 Å². The smallest absolute Gasteiger partial charge is 0.331 e. The molecule has 1 atom stereocenters. The van der Waals surface area contributed by atoms with Crippen molar-refractivity contribution < 1.29 is 27.5 Å². The van der Waals surface area contributed by atoms with E-state index in [0.717, 1.165) is 11.8 Å². The number of sulfone groups is 1. The van der Waals surface area contributed by atoms with E-state index >= 15 is 0 Å². The first-order valence-corrected chi connectivity index (χ1v) is 16.7. The maximum Gasteiger partial charge on any atom is 0.331 e. The number of aromatic nitrogens is 2. The average Bonchev–Trinajstić information content (AvgIpc) is 2.82. The fourth-order valence-corrected chi connectivity index (χ4v) is 5.27. The molecule has 1 unspecified atom stereocenters. The largest absolute Gasteiger partial charge is 0.487 e. The number of ether oxygens (including phenoxy) is 1. The summed E-state index contributed by atoms with van der Waals surface area (Å²) in [6.45, 7) is 10.4. The summed E-state index contributed by atoms with van der Waals surface area (Å²) in [5.74, 6) is -0.0724. The van der Waals surface area contributed by atoms with E-state index in [4.69, 9.17) is 9.16 Å². The highest BCUT2D eigenvalue weighted by Crippen LogP contribution is 2.38. The molecule has 0 fully saturated rings. The summed E-state index contributed by atoms with van der Waals surface area (Å²) in [5, 5.41) is 9.75. The van der Waals surface area contributed by atoms with Crippen LogP contribution in [0.5, 0.6) is 5.75 Å². The van der Waals surface area contributed by atoms with Crippen molar-refractivity contribution in [3.05, 3.63) is 72.1 Å². The summed E-state index contributed by atoms with van der Waals surface area (Å²) in [6, 6.07) is 15.5. The summed E-state index contributed by atoms with van der Waals surface area (Å²) in [5.41, 5.74) is 1.90. The van der Waals surface area contributed by atoms with Gasteiger partial charge >= 0.3 is 5.97 Å². The molecule has 0 radical (unpaired) electrons. The van der Waals surface area contributed by atoms with Gasteiger partial charge in [0, 0.05) is 24.4 Å². The molecule has 37 heavy (non-hydrogen) atoms. The quantitative estimate of drug-likeness (QED) is 0.350. The molecule has 3 rings (SSSR count). The molecular weight excluding hydrogens is 508 g/mol. The Hall–Kier alpha value is -3.08. The van der Waals surface area contributed by atoms with Crippen LogP contribution in [0.4, 0.5) is 0 Å². The second kappa shape index (κ2) is 11.1. The summed E-state index contributed by atoms with van der Waals surface area (Å²) < 4.78 is 36.1. The topological polar surface area (TPSA) is 116 Å². The molecule has 2 aromatic carbocycles. The first-order chi connectivity index (χ1) is 17.2. The van der Waals surface area contributed by atoms with Crippen LogP contribution in [0.1, 0.15) is 32.0 Å². The third-order valence-electron chi connectivity index (χ3n) is 6.51. The lowest BCUT2D eigenvalue weighted by molar-refractivity contribution is -0.145. The van der Waals surface area contributed by atoms with Crippen LogP contribution in [0.25, 0.3) is 11.4 Å². The molecule has 0 aliphatic heterocycles. The predicted octanol–water partition coefficient (Wildman–Crippen LogP) is 5.14.